The summed E-state index contributed by atoms with van der Waals surface area (Å²) in [6.07, 6.45) is 1.63. The van der Waals surface area contributed by atoms with E-state index in [2.05, 4.69) is 0 Å². The standard InChI is InChI=1S/C21H16ClN3O5S2/c22-15-6-4-13(5-7-15)10-17-19(27)24(21(28)32-17)9-8-23-18(26)12-31-20(23)14-2-1-3-16(11-14)25(29)30/h1-7,10-11,20H,8-9,12H2. The zero-order valence-electron chi connectivity index (χ0n) is 16.5. The highest BCUT2D eigenvalue weighted by molar-refractivity contribution is 8.18. The van der Waals surface area contributed by atoms with E-state index < -0.39 is 21.4 Å². The number of imide groups is 1. The van der Waals surface area contributed by atoms with Crippen LogP contribution in [-0.4, -0.2) is 50.6 Å². The molecule has 0 spiro atoms. The number of nitro benzene ring substituents is 1. The Hall–Kier alpha value is -2.82. The van der Waals surface area contributed by atoms with Crippen LogP contribution in [0.3, 0.4) is 0 Å². The molecule has 4 rings (SSSR count). The highest BCUT2D eigenvalue weighted by Gasteiger charge is 2.38. The Morgan fingerprint density at radius 3 is 2.59 bits per heavy atom. The van der Waals surface area contributed by atoms with Gasteiger partial charge < -0.3 is 4.90 Å². The Balaban J connectivity index is 1.47. The average molecular weight is 490 g/mol. The first-order chi connectivity index (χ1) is 15.3. The zero-order chi connectivity index (χ0) is 22.8. The van der Waals surface area contributed by atoms with Crippen molar-refractivity contribution in [2.24, 2.45) is 0 Å². The molecule has 2 fully saturated rings. The summed E-state index contributed by atoms with van der Waals surface area (Å²) in [6.45, 7) is 0.186. The van der Waals surface area contributed by atoms with E-state index >= 15 is 0 Å². The number of carbonyl (C=O) groups excluding carboxylic acids is 3. The van der Waals surface area contributed by atoms with Gasteiger partial charge in [0, 0.05) is 30.2 Å². The van der Waals surface area contributed by atoms with Crippen LogP contribution in [0.5, 0.6) is 0 Å². The summed E-state index contributed by atoms with van der Waals surface area (Å²) in [5.74, 6) is -0.331. The van der Waals surface area contributed by atoms with Crippen molar-refractivity contribution in [1.29, 1.82) is 0 Å². The lowest BCUT2D eigenvalue weighted by Gasteiger charge is -2.25. The van der Waals surface area contributed by atoms with Crippen molar-refractivity contribution in [3.63, 3.8) is 0 Å². The third-order valence-corrected chi connectivity index (χ3v) is 7.36. The SMILES string of the molecule is O=C1SC(=Cc2ccc(Cl)cc2)C(=O)N1CCN1C(=O)CSC1c1cccc([N+](=O)[O-])c1. The quantitative estimate of drug-likeness (QED) is 0.333. The molecule has 1 atom stereocenters. The van der Waals surface area contributed by atoms with Crippen molar-refractivity contribution >= 4 is 63.9 Å². The highest BCUT2D eigenvalue weighted by atomic mass is 35.5. The molecule has 32 heavy (non-hydrogen) atoms. The van der Waals surface area contributed by atoms with Crippen LogP contribution in [0.4, 0.5) is 10.5 Å². The topological polar surface area (TPSA) is 101 Å². The van der Waals surface area contributed by atoms with Crippen molar-refractivity contribution in [3.8, 4) is 0 Å². The van der Waals surface area contributed by atoms with Gasteiger partial charge in [-0.1, -0.05) is 35.9 Å². The molecule has 0 radical (unpaired) electrons. The van der Waals surface area contributed by atoms with E-state index in [1.165, 1.54) is 23.9 Å². The fourth-order valence-corrected chi connectivity index (χ4v) is 5.57. The van der Waals surface area contributed by atoms with E-state index in [0.29, 0.717) is 15.5 Å². The van der Waals surface area contributed by atoms with Crippen molar-refractivity contribution in [3.05, 3.63) is 79.7 Å². The second kappa shape index (κ2) is 9.35. The number of hydrogen-bond acceptors (Lipinski definition) is 7. The largest absolute Gasteiger partial charge is 0.324 e. The van der Waals surface area contributed by atoms with Gasteiger partial charge >= 0.3 is 0 Å². The first-order valence-corrected chi connectivity index (χ1v) is 11.7. The lowest BCUT2D eigenvalue weighted by atomic mass is 10.2. The van der Waals surface area contributed by atoms with E-state index in [-0.39, 0.29) is 30.4 Å². The third-order valence-electron chi connectivity index (χ3n) is 4.94. The number of nitro groups is 1. The van der Waals surface area contributed by atoms with Gasteiger partial charge in [-0.15, -0.1) is 11.8 Å². The van der Waals surface area contributed by atoms with Crippen LogP contribution < -0.4 is 0 Å². The maximum atomic E-state index is 12.8. The maximum absolute atomic E-state index is 12.8. The molecule has 1 unspecified atom stereocenters. The van der Waals surface area contributed by atoms with Crippen molar-refractivity contribution in [1.82, 2.24) is 9.80 Å². The van der Waals surface area contributed by atoms with Gasteiger partial charge in [-0.25, -0.2) is 0 Å². The molecule has 2 heterocycles. The Labute approximate surface area is 196 Å². The summed E-state index contributed by atoms with van der Waals surface area (Å²) in [6, 6.07) is 13.0. The van der Waals surface area contributed by atoms with Crippen LogP contribution in [0.1, 0.15) is 16.5 Å². The molecule has 8 nitrogen and oxygen atoms in total. The molecule has 11 heteroatoms. The predicted molar refractivity (Wildman–Crippen MR) is 124 cm³/mol. The summed E-state index contributed by atoms with van der Waals surface area (Å²) >= 11 is 8.08. The fourth-order valence-electron chi connectivity index (χ4n) is 3.37. The third kappa shape index (κ3) is 4.67. The number of nitrogens with zero attached hydrogens (tertiary/aromatic N) is 3. The molecule has 0 aliphatic carbocycles. The molecule has 2 aliphatic rings. The summed E-state index contributed by atoms with van der Waals surface area (Å²) in [7, 11) is 0. The smallest absolute Gasteiger partial charge is 0.293 e. The average Bonchev–Trinajstić information content (AvgIpc) is 3.27. The van der Waals surface area contributed by atoms with Gasteiger partial charge in [0.05, 0.1) is 15.6 Å². The molecule has 2 aromatic rings. The number of thioether (sulfide) groups is 2. The number of hydrogen-bond donors (Lipinski definition) is 0. The molecule has 2 aromatic carbocycles. The predicted octanol–water partition coefficient (Wildman–Crippen LogP) is 4.56. The van der Waals surface area contributed by atoms with Gasteiger partial charge in [-0.3, -0.25) is 29.4 Å². The van der Waals surface area contributed by atoms with Crippen LogP contribution in [0.25, 0.3) is 6.08 Å². The van der Waals surface area contributed by atoms with E-state index in [0.717, 1.165) is 22.2 Å². The van der Waals surface area contributed by atoms with E-state index in [1.807, 2.05) is 0 Å². The lowest BCUT2D eigenvalue weighted by molar-refractivity contribution is -0.384. The van der Waals surface area contributed by atoms with Gasteiger partial charge in [0.1, 0.15) is 5.37 Å². The highest BCUT2D eigenvalue weighted by Crippen LogP contribution is 2.40. The molecule has 0 aromatic heterocycles. The van der Waals surface area contributed by atoms with Crippen molar-refractivity contribution in [2.45, 2.75) is 5.37 Å². The monoisotopic (exact) mass is 489 g/mol. The van der Waals surface area contributed by atoms with Crippen molar-refractivity contribution in [2.75, 3.05) is 18.8 Å². The van der Waals surface area contributed by atoms with E-state index in [4.69, 9.17) is 11.6 Å². The Kier molecular flexibility index (Phi) is 6.54. The van der Waals surface area contributed by atoms with Crippen LogP contribution >= 0.6 is 35.1 Å². The molecule has 2 aliphatic heterocycles. The molecule has 0 N–H and O–H groups in total. The first-order valence-electron chi connectivity index (χ1n) is 9.50. The van der Waals surface area contributed by atoms with Gasteiger partial charge in [-0.05, 0) is 41.1 Å². The molecular formula is C21H16ClN3O5S2. The van der Waals surface area contributed by atoms with Gasteiger partial charge in [-0.2, -0.15) is 0 Å². The van der Waals surface area contributed by atoms with Crippen LogP contribution in [0.2, 0.25) is 5.02 Å². The second-order valence-electron chi connectivity index (χ2n) is 6.99. The normalized spacial score (nSPS) is 20.0. The minimum atomic E-state index is -0.484. The Bertz CT molecular complexity index is 1140. The molecule has 2 saturated heterocycles. The maximum Gasteiger partial charge on any atom is 0.293 e. The number of benzene rings is 2. The lowest BCUT2D eigenvalue weighted by Crippen LogP contribution is -2.39. The van der Waals surface area contributed by atoms with Crippen LogP contribution in [0.15, 0.2) is 53.4 Å². The Morgan fingerprint density at radius 2 is 1.88 bits per heavy atom. The molecule has 0 bridgehead atoms. The number of non-ortho nitro benzene ring substituents is 1. The molecular weight excluding hydrogens is 474 g/mol. The van der Waals surface area contributed by atoms with Gasteiger partial charge in [0.15, 0.2) is 0 Å². The second-order valence-corrected chi connectivity index (χ2v) is 9.49. The summed E-state index contributed by atoms with van der Waals surface area (Å²) in [4.78, 5) is 51.2. The number of amides is 3. The number of carbonyl (C=O) groups is 3. The fraction of sp³-hybridized carbons (Fsp3) is 0.190. The minimum Gasteiger partial charge on any atom is -0.324 e. The minimum absolute atomic E-state index is 0.0420. The summed E-state index contributed by atoms with van der Waals surface area (Å²) in [5.41, 5.74) is 1.32. The molecule has 164 valence electrons. The summed E-state index contributed by atoms with van der Waals surface area (Å²) in [5, 5.41) is 10.8. The molecule has 3 amide bonds. The van der Waals surface area contributed by atoms with E-state index in [1.54, 1.807) is 47.4 Å². The molecule has 0 saturated carbocycles. The first kappa shape index (κ1) is 22.4. The number of rotatable bonds is 6. The summed E-state index contributed by atoms with van der Waals surface area (Å²) < 4.78 is 0. The van der Waals surface area contributed by atoms with E-state index in [9.17, 15) is 24.5 Å². The van der Waals surface area contributed by atoms with Crippen LogP contribution in [-0.2, 0) is 9.59 Å². The van der Waals surface area contributed by atoms with Gasteiger partial charge in [0.2, 0.25) is 5.91 Å². The Morgan fingerprint density at radius 1 is 1.12 bits per heavy atom. The number of halogens is 1. The van der Waals surface area contributed by atoms with Crippen molar-refractivity contribution < 1.29 is 19.3 Å². The zero-order valence-corrected chi connectivity index (χ0v) is 18.9. The van der Waals surface area contributed by atoms with Crippen LogP contribution in [0, 0.1) is 10.1 Å². The van der Waals surface area contributed by atoms with Gasteiger partial charge in [0.25, 0.3) is 16.8 Å².